The van der Waals surface area contributed by atoms with E-state index in [1.54, 1.807) is 6.07 Å². The van der Waals surface area contributed by atoms with Crippen LogP contribution in [0.2, 0.25) is 0 Å². The van der Waals surface area contributed by atoms with Gasteiger partial charge in [0.2, 0.25) is 5.88 Å². The Morgan fingerprint density at radius 3 is 2.94 bits per heavy atom. The molecule has 0 saturated carbocycles. The zero-order chi connectivity index (χ0) is 12.3. The summed E-state index contributed by atoms with van der Waals surface area (Å²) in [4.78, 5) is 12.5. The molecule has 0 aromatic carbocycles. The van der Waals surface area contributed by atoms with Crippen LogP contribution in [-0.2, 0) is 6.61 Å². The minimum atomic E-state index is 0.160. The third kappa shape index (κ3) is 3.27. The average molecular weight is 270 g/mol. The Bertz CT molecular complexity index is 566. The first-order valence-corrected chi connectivity index (χ1v) is 6.37. The molecule has 1 N–H and O–H groups in total. The minimum Gasteiger partial charge on any atom is -0.469 e. The molecule has 0 unspecified atom stereocenters. The summed E-state index contributed by atoms with van der Waals surface area (Å²) in [6.45, 7) is 2.11. The van der Waals surface area contributed by atoms with Gasteiger partial charge in [0.05, 0.1) is 0 Å². The summed E-state index contributed by atoms with van der Waals surface area (Å²) in [7, 11) is 0. The van der Waals surface area contributed by atoms with E-state index < -0.39 is 0 Å². The fraction of sp³-hybridized carbons (Fsp3) is 0.333. The molecule has 0 fully saturated rings. The van der Waals surface area contributed by atoms with Gasteiger partial charge in [0.25, 0.3) is 0 Å². The number of H-pyrrole nitrogens is 1. The minimum absolute atomic E-state index is 0.160. The van der Waals surface area contributed by atoms with Gasteiger partial charge in [-0.2, -0.15) is 9.97 Å². The second-order valence-corrected chi connectivity index (χ2v) is 4.27. The highest BCUT2D eigenvalue weighted by Gasteiger charge is 2.04. The van der Waals surface area contributed by atoms with Crippen LogP contribution < -0.4 is 4.74 Å². The summed E-state index contributed by atoms with van der Waals surface area (Å²) >= 11 is 6.19. The Balaban J connectivity index is 2.08. The monoisotopic (exact) mass is 270 g/mol. The average Bonchev–Trinajstić information content (AvgIpc) is 2.72. The van der Waals surface area contributed by atoms with Gasteiger partial charge in [-0.1, -0.05) is 11.8 Å². The molecule has 6 nitrogen and oxygen atoms in total. The topological polar surface area (TPSA) is 76.8 Å². The first-order chi connectivity index (χ1) is 8.17. The van der Waals surface area contributed by atoms with Crippen molar-refractivity contribution in [3.63, 3.8) is 0 Å². The fourth-order valence-corrected chi connectivity index (χ4v) is 1.71. The standard InChI is InChI=1S/C9H10N4O2S2/c1-5-3-7(12-8(10-5)17-2)14-4-6-11-9(16)15-13-6/h3H,4H2,1-2H3,(H,11,13,16). The maximum Gasteiger partial charge on any atom is 0.314 e. The number of nitrogens with one attached hydrogen (secondary N) is 1. The summed E-state index contributed by atoms with van der Waals surface area (Å²) in [5, 5.41) is 3.23. The molecule has 0 aliphatic heterocycles. The van der Waals surface area contributed by atoms with E-state index in [0.717, 1.165) is 5.69 Å². The van der Waals surface area contributed by atoms with Crippen LogP contribution >= 0.6 is 24.0 Å². The van der Waals surface area contributed by atoms with Crippen molar-refractivity contribution in [3.05, 3.63) is 22.4 Å². The van der Waals surface area contributed by atoms with Crippen molar-refractivity contribution in [1.29, 1.82) is 0 Å². The third-order valence-corrected chi connectivity index (χ3v) is 2.55. The Kier molecular flexibility index (Phi) is 3.75. The Morgan fingerprint density at radius 1 is 1.47 bits per heavy atom. The number of rotatable bonds is 4. The molecule has 0 atom stereocenters. The van der Waals surface area contributed by atoms with Gasteiger partial charge < -0.3 is 9.26 Å². The van der Waals surface area contributed by atoms with Crippen LogP contribution in [0.25, 0.3) is 0 Å². The van der Waals surface area contributed by atoms with Crippen molar-refractivity contribution in [2.24, 2.45) is 0 Å². The van der Waals surface area contributed by atoms with Crippen molar-refractivity contribution in [2.75, 3.05) is 6.26 Å². The molecule has 0 saturated heterocycles. The molecule has 2 aromatic rings. The van der Waals surface area contributed by atoms with Crippen molar-refractivity contribution in [3.8, 4) is 5.88 Å². The molecule has 0 radical (unpaired) electrons. The van der Waals surface area contributed by atoms with E-state index in [0.29, 0.717) is 16.9 Å². The summed E-state index contributed by atoms with van der Waals surface area (Å²) in [5.41, 5.74) is 0.854. The highest BCUT2D eigenvalue weighted by molar-refractivity contribution is 7.98. The number of aryl methyl sites for hydroxylation is 1. The van der Waals surface area contributed by atoms with Crippen molar-refractivity contribution in [2.45, 2.75) is 18.7 Å². The maximum absolute atomic E-state index is 5.46. The van der Waals surface area contributed by atoms with E-state index in [1.807, 2.05) is 13.2 Å². The van der Waals surface area contributed by atoms with Crippen LogP contribution in [0.1, 0.15) is 11.5 Å². The predicted molar refractivity (Wildman–Crippen MR) is 64.6 cm³/mol. The summed E-state index contributed by atoms with van der Waals surface area (Å²) in [6.07, 6.45) is 1.91. The van der Waals surface area contributed by atoms with Crippen LogP contribution in [0.5, 0.6) is 5.88 Å². The molecule has 0 aliphatic rings. The van der Waals surface area contributed by atoms with Crippen LogP contribution in [-0.4, -0.2) is 26.4 Å². The quantitative estimate of drug-likeness (QED) is 0.518. The van der Waals surface area contributed by atoms with E-state index in [4.69, 9.17) is 21.5 Å². The molecule has 0 bridgehead atoms. The maximum atomic E-state index is 5.46. The van der Waals surface area contributed by atoms with Gasteiger partial charge in [0.15, 0.2) is 17.6 Å². The Labute approximate surface area is 107 Å². The number of aromatic nitrogens is 4. The fourth-order valence-electron chi connectivity index (χ4n) is 1.14. The van der Waals surface area contributed by atoms with Crippen molar-refractivity contribution >= 4 is 24.0 Å². The summed E-state index contributed by atoms with van der Waals surface area (Å²) in [5.74, 6) is 1.03. The van der Waals surface area contributed by atoms with Gasteiger partial charge in [-0.05, 0) is 25.4 Å². The zero-order valence-electron chi connectivity index (χ0n) is 9.26. The lowest BCUT2D eigenvalue weighted by Gasteiger charge is -2.04. The highest BCUT2D eigenvalue weighted by Crippen LogP contribution is 2.15. The normalized spacial score (nSPS) is 10.5. The molecule has 2 rings (SSSR count). The first-order valence-electron chi connectivity index (χ1n) is 4.74. The zero-order valence-corrected chi connectivity index (χ0v) is 10.9. The largest absolute Gasteiger partial charge is 0.469 e. The molecular weight excluding hydrogens is 260 g/mol. The van der Waals surface area contributed by atoms with E-state index >= 15 is 0 Å². The van der Waals surface area contributed by atoms with Gasteiger partial charge in [0, 0.05) is 11.8 Å². The number of thioether (sulfide) groups is 1. The predicted octanol–water partition coefficient (Wildman–Crippen LogP) is 2.13. The number of ether oxygens (including phenoxy) is 1. The van der Waals surface area contributed by atoms with Crippen molar-refractivity contribution in [1.82, 2.24) is 20.1 Å². The smallest absolute Gasteiger partial charge is 0.314 e. The Morgan fingerprint density at radius 2 is 2.29 bits per heavy atom. The number of aromatic amines is 1. The lowest BCUT2D eigenvalue weighted by molar-refractivity contribution is 0.272. The lowest BCUT2D eigenvalue weighted by Crippen LogP contribution is -2.01. The van der Waals surface area contributed by atoms with Gasteiger partial charge in [-0.25, -0.2) is 10.1 Å². The number of hydrogen-bond donors (Lipinski definition) is 1. The molecule has 2 aromatic heterocycles. The summed E-state index contributed by atoms with van der Waals surface area (Å²) in [6, 6.07) is 1.76. The second-order valence-electron chi connectivity index (χ2n) is 3.15. The third-order valence-electron chi connectivity index (χ3n) is 1.83. The lowest BCUT2D eigenvalue weighted by atomic mass is 10.4. The molecule has 90 valence electrons. The molecule has 2 heterocycles. The van der Waals surface area contributed by atoms with Gasteiger partial charge in [-0.15, -0.1) is 0 Å². The summed E-state index contributed by atoms with van der Waals surface area (Å²) < 4.78 is 10.2. The van der Waals surface area contributed by atoms with Crippen LogP contribution in [0.4, 0.5) is 0 Å². The first kappa shape index (κ1) is 12.1. The van der Waals surface area contributed by atoms with Crippen LogP contribution in [0.3, 0.4) is 0 Å². The Hall–Kier alpha value is -1.41. The van der Waals surface area contributed by atoms with Gasteiger partial charge in [-0.3, -0.25) is 0 Å². The van der Waals surface area contributed by atoms with E-state index in [1.165, 1.54) is 11.8 Å². The van der Waals surface area contributed by atoms with E-state index in [-0.39, 0.29) is 11.4 Å². The van der Waals surface area contributed by atoms with Gasteiger partial charge in [0.1, 0.15) is 0 Å². The SMILES string of the molecule is CSc1nc(C)cc(OCc2nc(=S)o[nH]2)n1. The number of hydrogen-bond acceptors (Lipinski definition) is 7. The van der Waals surface area contributed by atoms with Crippen molar-refractivity contribution < 1.29 is 9.26 Å². The number of nitrogens with zero attached hydrogens (tertiary/aromatic N) is 3. The molecule has 8 heteroatoms. The van der Waals surface area contributed by atoms with E-state index in [9.17, 15) is 0 Å². The molecule has 0 spiro atoms. The second kappa shape index (κ2) is 5.28. The molecule has 0 amide bonds. The highest BCUT2D eigenvalue weighted by atomic mass is 32.2. The molecule has 0 aliphatic carbocycles. The van der Waals surface area contributed by atoms with E-state index in [2.05, 4.69) is 20.1 Å². The molecular formula is C9H10N4O2S2. The van der Waals surface area contributed by atoms with Gasteiger partial charge >= 0.3 is 4.84 Å². The molecule has 17 heavy (non-hydrogen) atoms. The van der Waals surface area contributed by atoms with Crippen LogP contribution in [0, 0.1) is 11.8 Å². The van der Waals surface area contributed by atoms with Crippen LogP contribution in [0.15, 0.2) is 15.7 Å².